The van der Waals surface area contributed by atoms with E-state index >= 15 is 0 Å². The highest BCUT2D eigenvalue weighted by Crippen LogP contribution is 2.39. The van der Waals surface area contributed by atoms with Crippen molar-refractivity contribution < 1.29 is 4.79 Å². The molecule has 0 radical (unpaired) electrons. The van der Waals surface area contributed by atoms with Gasteiger partial charge >= 0.3 is 0 Å². The lowest BCUT2D eigenvalue weighted by Gasteiger charge is -2.26. The van der Waals surface area contributed by atoms with Gasteiger partial charge in [0.2, 0.25) is 11.1 Å². The summed E-state index contributed by atoms with van der Waals surface area (Å²) in [6, 6.07) is 10.2. The van der Waals surface area contributed by atoms with Gasteiger partial charge in [0, 0.05) is 18.5 Å². The van der Waals surface area contributed by atoms with E-state index in [1.54, 1.807) is 0 Å². The minimum atomic E-state index is 0.0785. The van der Waals surface area contributed by atoms with Crippen LogP contribution in [0.2, 0.25) is 0 Å². The average Bonchev–Trinajstić information content (AvgIpc) is 3.35. The number of hydrogen-bond donors (Lipinski definition) is 1. The molecule has 6 nitrogen and oxygen atoms in total. The van der Waals surface area contributed by atoms with Crippen LogP contribution in [0.3, 0.4) is 0 Å². The second-order valence-corrected chi connectivity index (χ2v) is 7.32. The molecule has 128 valence electrons. The zero-order valence-corrected chi connectivity index (χ0v) is 14.9. The summed E-state index contributed by atoms with van der Waals surface area (Å²) in [5, 5.41) is 8.87. The molecule has 1 fully saturated rings. The Morgan fingerprint density at radius 1 is 1.33 bits per heavy atom. The number of carbonyl (C=O) groups is 1. The van der Waals surface area contributed by atoms with Crippen LogP contribution in [0.5, 0.6) is 0 Å². The predicted octanol–water partition coefficient (Wildman–Crippen LogP) is 2.40. The highest BCUT2D eigenvalue weighted by molar-refractivity contribution is 7.99. The zero-order chi connectivity index (χ0) is 17.1. The Balaban J connectivity index is 1.61. The summed E-state index contributed by atoms with van der Waals surface area (Å²) in [6.45, 7) is 4.67. The second kappa shape index (κ2) is 7.25. The number of nitrogen functional groups attached to an aromatic ring is 1. The lowest BCUT2D eigenvalue weighted by molar-refractivity contribution is -0.130. The predicted molar refractivity (Wildman–Crippen MR) is 95.0 cm³/mol. The van der Waals surface area contributed by atoms with E-state index in [0.717, 1.165) is 24.2 Å². The van der Waals surface area contributed by atoms with Crippen molar-refractivity contribution in [1.29, 1.82) is 0 Å². The van der Waals surface area contributed by atoms with Gasteiger partial charge in [-0.3, -0.25) is 4.79 Å². The Kier molecular flexibility index (Phi) is 5.08. The largest absolute Gasteiger partial charge is 0.336 e. The van der Waals surface area contributed by atoms with Crippen LogP contribution in [-0.4, -0.2) is 37.5 Å². The third kappa shape index (κ3) is 3.90. The van der Waals surface area contributed by atoms with Gasteiger partial charge in [-0.05, 0) is 32.3 Å². The van der Waals surface area contributed by atoms with Gasteiger partial charge in [-0.1, -0.05) is 42.1 Å². The molecule has 1 aliphatic carbocycles. The van der Waals surface area contributed by atoms with Crippen molar-refractivity contribution in [3.63, 3.8) is 0 Å². The van der Waals surface area contributed by atoms with Gasteiger partial charge in [0.05, 0.1) is 5.75 Å². The molecular formula is C17H23N5OS. The topological polar surface area (TPSA) is 77.0 Å². The van der Waals surface area contributed by atoms with Gasteiger partial charge in [0.15, 0.2) is 5.82 Å². The van der Waals surface area contributed by atoms with Crippen LogP contribution in [0.1, 0.15) is 44.0 Å². The van der Waals surface area contributed by atoms with Crippen LogP contribution in [0.25, 0.3) is 0 Å². The van der Waals surface area contributed by atoms with E-state index in [1.807, 2.05) is 49.1 Å². The van der Waals surface area contributed by atoms with E-state index in [1.165, 1.54) is 16.4 Å². The normalized spacial score (nSPS) is 14.1. The number of amides is 1. The number of rotatable bonds is 7. The summed E-state index contributed by atoms with van der Waals surface area (Å²) >= 11 is 1.35. The summed E-state index contributed by atoms with van der Waals surface area (Å²) in [6.07, 6.45) is 2.24. The molecule has 0 aliphatic heterocycles. The lowest BCUT2D eigenvalue weighted by atomic mass is 10.2. The molecule has 1 amide bonds. The van der Waals surface area contributed by atoms with Crippen molar-refractivity contribution in [3.05, 3.63) is 41.7 Å². The van der Waals surface area contributed by atoms with Crippen LogP contribution in [0.15, 0.2) is 35.5 Å². The quantitative estimate of drug-likeness (QED) is 0.616. The second-order valence-electron chi connectivity index (χ2n) is 6.37. The number of hydrogen-bond acceptors (Lipinski definition) is 5. The highest BCUT2D eigenvalue weighted by Gasteiger charge is 2.30. The molecule has 2 aromatic rings. The van der Waals surface area contributed by atoms with Crippen molar-refractivity contribution in [2.45, 2.75) is 50.4 Å². The maximum atomic E-state index is 12.6. The van der Waals surface area contributed by atoms with Gasteiger partial charge in [0.1, 0.15) is 0 Å². The first-order valence-corrected chi connectivity index (χ1v) is 9.21. The third-order valence-electron chi connectivity index (χ3n) is 4.10. The molecule has 0 unspecified atom stereocenters. The SMILES string of the molecule is CC(C)N(Cc1ccccc1)C(=O)CSc1nnc(C2CC2)n1N. The lowest BCUT2D eigenvalue weighted by Crippen LogP contribution is -2.37. The number of aromatic nitrogens is 3. The molecular weight excluding hydrogens is 322 g/mol. The number of nitrogens with zero attached hydrogens (tertiary/aromatic N) is 4. The van der Waals surface area contributed by atoms with E-state index in [0.29, 0.717) is 23.4 Å². The van der Waals surface area contributed by atoms with Gasteiger partial charge in [-0.15, -0.1) is 10.2 Å². The summed E-state index contributed by atoms with van der Waals surface area (Å²) in [5.41, 5.74) is 1.13. The van der Waals surface area contributed by atoms with Crippen molar-refractivity contribution in [2.75, 3.05) is 11.6 Å². The van der Waals surface area contributed by atoms with Crippen LogP contribution in [0.4, 0.5) is 0 Å². The van der Waals surface area contributed by atoms with Crippen molar-refractivity contribution in [1.82, 2.24) is 19.8 Å². The molecule has 2 N–H and O–H groups in total. The molecule has 1 aromatic carbocycles. The third-order valence-corrected chi connectivity index (χ3v) is 5.03. The molecule has 0 atom stereocenters. The van der Waals surface area contributed by atoms with Gasteiger partial charge in [-0.25, -0.2) is 4.68 Å². The Morgan fingerprint density at radius 3 is 2.67 bits per heavy atom. The maximum Gasteiger partial charge on any atom is 0.233 e. The number of thioether (sulfide) groups is 1. The summed E-state index contributed by atoms with van der Waals surface area (Å²) in [5.74, 6) is 7.70. The standard InChI is InChI=1S/C17H23N5OS/c1-12(2)21(10-13-6-4-3-5-7-13)15(23)11-24-17-20-19-16(22(17)18)14-8-9-14/h3-7,12,14H,8-11,18H2,1-2H3. The fourth-order valence-corrected chi connectivity index (χ4v) is 3.30. The summed E-state index contributed by atoms with van der Waals surface area (Å²) in [4.78, 5) is 14.5. The first-order chi connectivity index (χ1) is 11.6. The minimum absolute atomic E-state index is 0.0785. The first-order valence-electron chi connectivity index (χ1n) is 8.23. The van der Waals surface area contributed by atoms with E-state index < -0.39 is 0 Å². The van der Waals surface area contributed by atoms with Crippen LogP contribution >= 0.6 is 11.8 Å². The van der Waals surface area contributed by atoms with Crippen molar-refractivity contribution in [3.8, 4) is 0 Å². The Morgan fingerprint density at radius 2 is 2.04 bits per heavy atom. The Bertz CT molecular complexity index is 696. The van der Waals surface area contributed by atoms with E-state index in [2.05, 4.69) is 10.2 Å². The number of carbonyl (C=O) groups excluding carboxylic acids is 1. The molecule has 1 heterocycles. The smallest absolute Gasteiger partial charge is 0.233 e. The Labute approximate surface area is 146 Å². The maximum absolute atomic E-state index is 12.6. The van der Waals surface area contributed by atoms with Crippen molar-refractivity contribution in [2.24, 2.45) is 0 Å². The molecule has 0 saturated heterocycles. The minimum Gasteiger partial charge on any atom is -0.336 e. The first kappa shape index (κ1) is 16.8. The molecule has 0 spiro atoms. The molecule has 3 rings (SSSR count). The van der Waals surface area contributed by atoms with Crippen LogP contribution in [0, 0.1) is 0 Å². The molecule has 1 aromatic heterocycles. The molecule has 1 aliphatic rings. The van der Waals surface area contributed by atoms with E-state index in [4.69, 9.17) is 5.84 Å². The molecule has 1 saturated carbocycles. The van der Waals surface area contributed by atoms with Crippen LogP contribution < -0.4 is 5.84 Å². The van der Waals surface area contributed by atoms with Crippen molar-refractivity contribution >= 4 is 17.7 Å². The summed E-state index contributed by atoms with van der Waals surface area (Å²) < 4.78 is 1.53. The average molecular weight is 345 g/mol. The fourth-order valence-electron chi connectivity index (χ4n) is 2.55. The fraction of sp³-hybridized carbons (Fsp3) is 0.471. The zero-order valence-electron chi connectivity index (χ0n) is 14.1. The molecule has 24 heavy (non-hydrogen) atoms. The summed E-state index contributed by atoms with van der Waals surface area (Å²) in [7, 11) is 0. The van der Waals surface area contributed by atoms with Gasteiger partial charge in [0.25, 0.3) is 0 Å². The Hall–Kier alpha value is -2.02. The molecule has 7 heteroatoms. The number of benzene rings is 1. The van der Waals surface area contributed by atoms with E-state index in [9.17, 15) is 4.79 Å². The van der Waals surface area contributed by atoms with E-state index in [-0.39, 0.29) is 11.9 Å². The molecule has 0 bridgehead atoms. The number of nitrogens with two attached hydrogens (primary N) is 1. The van der Waals surface area contributed by atoms with Crippen LogP contribution in [-0.2, 0) is 11.3 Å². The van der Waals surface area contributed by atoms with Gasteiger partial charge < -0.3 is 10.7 Å². The highest BCUT2D eigenvalue weighted by atomic mass is 32.2. The monoisotopic (exact) mass is 345 g/mol. The van der Waals surface area contributed by atoms with Gasteiger partial charge in [-0.2, -0.15) is 0 Å².